The van der Waals surface area contributed by atoms with E-state index in [9.17, 15) is 19.8 Å². The molecule has 0 radical (unpaired) electrons. The number of H-pyrrole nitrogens is 1. The molecule has 0 saturated carbocycles. The van der Waals surface area contributed by atoms with Gasteiger partial charge in [0, 0.05) is 37.5 Å². The summed E-state index contributed by atoms with van der Waals surface area (Å²) in [6.07, 6.45) is -0.216. The molecule has 0 fully saturated rings. The average molecular weight is 562 g/mol. The van der Waals surface area contributed by atoms with Crippen LogP contribution in [0.1, 0.15) is 57.3 Å². The number of thioether (sulfide) groups is 1. The van der Waals surface area contributed by atoms with Gasteiger partial charge in [-0.1, -0.05) is 54.7 Å². The molecule has 4 N–H and O–H groups in total. The summed E-state index contributed by atoms with van der Waals surface area (Å²) in [6, 6.07) is 13.3. The Kier molecular flexibility index (Phi) is 11.1. The van der Waals surface area contributed by atoms with Crippen LogP contribution in [0.4, 0.5) is 4.79 Å². The van der Waals surface area contributed by atoms with Crippen LogP contribution in [0.2, 0.25) is 0 Å². The highest BCUT2D eigenvalue weighted by Crippen LogP contribution is 2.31. The Balaban J connectivity index is 1.40. The number of nitrogens with one attached hydrogen (secondary N) is 2. The normalized spacial score (nSPS) is 13.4. The van der Waals surface area contributed by atoms with Crippen molar-refractivity contribution < 1.29 is 19.7 Å². The van der Waals surface area contributed by atoms with E-state index in [1.54, 1.807) is 17.8 Å². The summed E-state index contributed by atoms with van der Waals surface area (Å²) in [5.41, 5.74) is 1.64. The van der Waals surface area contributed by atoms with Crippen LogP contribution in [0, 0.1) is 0 Å². The molecule has 3 rings (SSSR count). The number of carbonyl (C=O) groups is 1. The van der Waals surface area contributed by atoms with Crippen LogP contribution in [0.5, 0.6) is 5.75 Å². The third kappa shape index (κ3) is 9.04. The first-order valence-corrected chi connectivity index (χ1v) is 14.9. The van der Waals surface area contributed by atoms with Crippen molar-refractivity contribution in [3.8, 4) is 5.75 Å². The molecule has 38 heavy (non-hydrogen) atoms. The zero-order chi connectivity index (χ0) is 27.7. The molecule has 0 spiro atoms. The summed E-state index contributed by atoms with van der Waals surface area (Å²) < 4.78 is 6.23. The first-order valence-electron chi connectivity index (χ1n) is 12.9. The predicted molar refractivity (Wildman–Crippen MR) is 157 cm³/mol. The Morgan fingerprint density at radius 2 is 1.92 bits per heavy atom. The first kappa shape index (κ1) is 30.0. The van der Waals surface area contributed by atoms with Gasteiger partial charge < -0.3 is 30.2 Å². The number of rotatable bonds is 13. The molecule has 2 atom stereocenters. The van der Waals surface area contributed by atoms with Crippen molar-refractivity contribution in [3.05, 3.63) is 63.3 Å². The second-order valence-corrected chi connectivity index (χ2v) is 12.5. The van der Waals surface area contributed by atoms with Crippen LogP contribution < -0.4 is 10.2 Å². The highest BCUT2D eigenvalue weighted by Gasteiger charge is 2.23. The molecule has 10 heteroatoms. The van der Waals surface area contributed by atoms with E-state index in [-0.39, 0.29) is 22.6 Å². The number of phenols is 1. The van der Waals surface area contributed by atoms with Gasteiger partial charge in [0.2, 0.25) is 0 Å². The number of ether oxygens (including phenoxy) is 1. The minimum absolute atomic E-state index is 0.00147. The van der Waals surface area contributed by atoms with Crippen LogP contribution >= 0.6 is 23.1 Å². The maximum absolute atomic E-state index is 12.8. The van der Waals surface area contributed by atoms with Gasteiger partial charge in [0.1, 0.15) is 16.9 Å². The van der Waals surface area contributed by atoms with Gasteiger partial charge in [-0.15, -0.1) is 0 Å². The van der Waals surface area contributed by atoms with E-state index in [0.29, 0.717) is 42.0 Å². The van der Waals surface area contributed by atoms with Crippen LogP contribution in [-0.4, -0.2) is 69.5 Å². The summed E-state index contributed by atoms with van der Waals surface area (Å²) >= 11 is 2.77. The monoisotopic (exact) mass is 561 g/mol. The van der Waals surface area contributed by atoms with Crippen molar-refractivity contribution >= 4 is 39.4 Å². The maximum atomic E-state index is 12.8. The number of aliphatic hydroxyl groups excluding tert-OH is 1. The number of aromatic amines is 1. The molecule has 1 unspecified atom stereocenters. The summed E-state index contributed by atoms with van der Waals surface area (Å²) in [6.45, 7) is 10.1. The number of nitrogens with zero attached hydrogens (tertiary/aromatic N) is 1. The largest absolute Gasteiger partial charge is 0.506 e. The topological polar surface area (TPSA) is 115 Å². The molecule has 0 saturated heterocycles. The smallest absolute Gasteiger partial charge is 0.410 e. The molecule has 0 aliphatic heterocycles. The minimum Gasteiger partial charge on any atom is -0.506 e. The Labute approximate surface area is 232 Å². The number of aromatic hydroxyl groups is 1. The zero-order valence-electron chi connectivity index (χ0n) is 22.5. The van der Waals surface area contributed by atoms with Gasteiger partial charge in [-0.2, -0.15) is 11.8 Å². The lowest BCUT2D eigenvalue weighted by atomic mass is 10.0. The van der Waals surface area contributed by atoms with Gasteiger partial charge in [0.05, 0.1) is 10.8 Å². The molecule has 1 heterocycles. The Hall–Kier alpha value is -2.53. The number of thiazole rings is 1. The third-order valence-electron chi connectivity index (χ3n) is 5.94. The van der Waals surface area contributed by atoms with Crippen molar-refractivity contribution in [2.24, 2.45) is 0 Å². The highest BCUT2D eigenvalue weighted by atomic mass is 32.2. The molecule has 2 aromatic carbocycles. The number of phenolic OH excluding ortho intramolecular Hbond substituents is 1. The molecule has 0 aliphatic carbocycles. The molecule has 1 aromatic heterocycles. The number of amides is 1. The van der Waals surface area contributed by atoms with Gasteiger partial charge >= 0.3 is 11.0 Å². The lowest BCUT2D eigenvalue weighted by Gasteiger charge is -2.29. The third-order valence-corrected chi connectivity index (χ3v) is 7.94. The number of aliphatic hydroxyl groups is 1. The van der Waals surface area contributed by atoms with Crippen LogP contribution in [0.3, 0.4) is 0 Å². The molecular weight excluding hydrogens is 522 g/mol. The summed E-state index contributed by atoms with van der Waals surface area (Å²) in [5.74, 6) is 1.97. The summed E-state index contributed by atoms with van der Waals surface area (Å²) in [7, 11) is 0. The van der Waals surface area contributed by atoms with Crippen molar-refractivity contribution in [2.75, 3.05) is 37.7 Å². The summed E-state index contributed by atoms with van der Waals surface area (Å²) in [4.78, 5) is 28.7. The molecule has 1 amide bonds. The SMILES string of the molecule is CC(CN(CCCSCCNC[C@H](O)c1ccc(O)c2[nH]c(=O)sc12)C(=O)OC(C)(C)C)c1ccccc1. The van der Waals surface area contributed by atoms with E-state index in [4.69, 9.17) is 4.74 Å². The van der Waals surface area contributed by atoms with Crippen LogP contribution in [-0.2, 0) is 4.74 Å². The van der Waals surface area contributed by atoms with Crippen molar-refractivity contribution in [3.63, 3.8) is 0 Å². The molecule has 8 nitrogen and oxygen atoms in total. The molecule has 208 valence electrons. The fourth-order valence-electron chi connectivity index (χ4n) is 4.06. The number of hydrogen-bond donors (Lipinski definition) is 4. The number of benzene rings is 2. The first-order chi connectivity index (χ1) is 18.0. The highest BCUT2D eigenvalue weighted by molar-refractivity contribution is 7.99. The Bertz CT molecular complexity index is 1220. The Morgan fingerprint density at radius 3 is 2.63 bits per heavy atom. The second kappa shape index (κ2) is 14.0. The van der Waals surface area contributed by atoms with Gasteiger partial charge in [-0.25, -0.2) is 4.79 Å². The molecule has 0 bridgehead atoms. The average Bonchev–Trinajstić information content (AvgIpc) is 3.26. The number of aromatic nitrogens is 1. The van der Waals surface area contributed by atoms with E-state index in [1.807, 2.05) is 43.9 Å². The quantitative estimate of drug-likeness (QED) is 0.215. The summed E-state index contributed by atoms with van der Waals surface area (Å²) in [5, 5.41) is 23.8. The molecule has 0 aliphatic rings. The Morgan fingerprint density at radius 1 is 1.18 bits per heavy atom. The maximum Gasteiger partial charge on any atom is 0.410 e. The van der Waals surface area contributed by atoms with Gasteiger partial charge in [0.15, 0.2) is 0 Å². The number of fused-ring (bicyclic) bond motifs is 1. The number of hydrogen-bond acceptors (Lipinski definition) is 8. The standard InChI is InChI=1S/C28H39N3O5S2/c1-19(20-9-6-5-7-10-20)18-31(27(35)36-28(2,3)4)14-8-15-37-16-13-29-17-23(33)21-11-12-22(32)24-25(21)38-26(34)30-24/h5-7,9-12,19,23,29,32-33H,8,13-18H2,1-4H3,(H,30,34)/t19?,23-/m0/s1. The fourth-order valence-corrected chi connectivity index (χ4v) is 5.80. The zero-order valence-corrected chi connectivity index (χ0v) is 24.2. The lowest BCUT2D eigenvalue weighted by Crippen LogP contribution is -2.39. The van der Waals surface area contributed by atoms with Gasteiger partial charge in [-0.05, 0) is 50.5 Å². The van der Waals surface area contributed by atoms with Crippen molar-refractivity contribution in [1.29, 1.82) is 0 Å². The predicted octanol–water partition coefficient (Wildman–Crippen LogP) is 5.08. The lowest BCUT2D eigenvalue weighted by molar-refractivity contribution is 0.0241. The van der Waals surface area contributed by atoms with Crippen LogP contribution in [0.25, 0.3) is 10.2 Å². The van der Waals surface area contributed by atoms with Crippen molar-refractivity contribution in [1.82, 2.24) is 15.2 Å². The van der Waals surface area contributed by atoms with E-state index in [2.05, 4.69) is 29.4 Å². The molecular formula is C28H39N3O5S2. The molecule has 3 aromatic rings. The van der Waals surface area contributed by atoms with Crippen molar-refractivity contribution in [2.45, 2.75) is 51.7 Å². The van der Waals surface area contributed by atoms with Gasteiger partial charge in [-0.3, -0.25) is 4.79 Å². The van der Waals surface area contributed by atoms with Gasteiger partial charge in [0.25, 0.3) is 0 Å². The second-order valence-electron chi connectivity index (χ2n) is 10.3. The number of carbonyl (C=O) groups excluding carboxylic acids is 1. The van der Waals surface area contributed by atoms with Crippen LogP contribution in [0.15, 0.2) is 47.3 Å². The van der Waals surface area contributed by atoms with E-state index in [1.165, 1.54) is 11.6 Å². The van der Waals surface area contributed by atoms with E-state index < -0.39 is 11.7 Å². The van der Waals surface area contributed by atoms with E-state index >= 15 is 0 Å². The minimum atomic E-state index is -0.788. The fraction of sp³-hybridized carbons (Fsp3) is 0.500. The van der Waals surface area contributed by atoms with E-state index in [0.717, 1.165) is 29.3 Å².